The zero-order chi connectivity index (χ0) is 15.0. The molecule has 0 spiro atoms. The van der Waals surface area contributed by atoms with E-state index in [0.29, 0.717) is 11.4 Å². The van der Waals surface area contributed by atoms with E-state index in [1.165, 1.54) is 0 Å². The van der Waals surface area contributed by atoms with Crippen molar-refractivity contribution in [1.82, 2.24) is 15.4 Å². The number of hydrogen-bond donors (Lipinski definition) is 0. The normalized spacial score (nSPS) is 18.0. The molecule has 1 atom stereocenters. The Kier molecular flexibility index (Phi) is 3.34. The van der Waals surface area contributed by atoms with Crippen LogP contribution in [0.1, 0.15) is 47.2 Å². The maximum atomic E-state index is 9.47. The molecule has 0 saturated carbocycles. The van der Waals surface area contributed by atoms with Crippen LogP contribution in [0.4, 0.5) is 5.82 Å². The molecule has 1 saturated heterocycles. The Morgan fingerprint density at radius 2 is 2.14 bits per heavy atom. The first-order valence-corrected chi connectivity index (χ1v) is 7.05. The molecule has 21 heavy (non-hydrogen) atoms. The van der Waals surface area contributed by atoms with Crippen LogP contribution in [0, 0.1) is 32.1 Å². The van der Waals surface area contributed by atoms with E-state index in [2.05, 4.69) is 26.3 Å². The lowest BCUT2D eigenvalue weighted by Gasteiger charge is -2.25. The van der Waals surface area contributed by atoms with Gasteiger partial charge in [-0.25, -0.2) is 0 Å². The summed E-state index contributed by atoms with van der Waals surface area (Å²) in [6, 6.07) is 4.32. The van der Waals surface area contributed by atoms with Crippen LogP contribution in [-0.4, -0.2) is 21.9 Å². The molecule has 1 fully saturated rings. The number of nitrogens with zero attached hydrogens (tertiary/aromatic N) is 5. The zero-order valence-corrected chi connectivity index (χ0v) is 12.4. The first kappa shape index (κ1) is 13.6. The second-order valence-corrected chi connectivity index (χ2v) is 5.43. The molecular formula is C15H17N5O. The average Bonchev–Trinajstić information content (AvgIpc) is 3.10. The van der Waals surface area contributed by atoms with Gasteiger partial charge in [0.1, 0.15) is 23.1 Å². The van der Waals surface area contributed by atoms with Crippen LogP contribution < -0.4 is 4.90 Å². The third-order valence-corrected chi connectivity index (χ3v) is 4.06. The summed E-state index contributed by atoms with van der Waals surface area (Å²) in [6.07, 6.45) is 2.02. The molecule has 0 radical (unpaired) electrons. The smallest absolute Gasteiger partial charge is 0.170 e. The van der Waals surface area contributed by atoms with E-state index in [1.807, 2.05) is 26.8 Å². The Balaban J connectivity index is 2.04. The fraction of sp³-hybridized carbons (Fsp3) is 0.467. The Hall–Kier alpha value is -2.42. The van der Waals surface area contributed by atoms with E-state index in [1.54, 1.807) is 0 Å². The van der Waals surface area contributed by atoms with Crippen LogP contribution >= 0.6 is 0 Å². The first-order valence-electron chi connectivity index (χ1n) is 7.05. The summed E-state index contributed by atoms with van der Waals surface area (Å²) in [5, 5.41) is 22.0. The molecule has 0 aromatic carbocycles. The summed E-state index contributed by atoms with van der Waals surface area (Å²) in [4.78, 5) is 2.12. The second-order valence-electron chi connectivity index (χ2n) is 5.43. The van der Waals surface area contributed by atoms with Gasteiger partial charge in [0.15, 0.2) is 5.82 Å². The Morgan fingerprint density at radius 3 is 2.81 bits per heavy atom. The molecule has 6 nitrogen and oxygen atoms in total. The molecule has 1 aliphatic rings. The molecular weight excluding hydrogens is 266 g/mol. The van der Waals surface area contributed by atoms with Gasteiger partial charge in [0.25, 0.3) is 0 Å². The lowest BCUT2D eigenvalue weighted by Crippen LogP contribution is -2.25. The van der Waals surface area contributed by atoms with Crippen molar-refractivity contribution in [2.75, 3.05) is 11.4 Å². The van der Waals surface area contributed by atoms with Gasteiger partial charge >= 0.3 is 0 Å². The monoisotopic (exact) mass is 283 g/mol. The van der Waals surface area contributed by atoms with Crippen molar-refractivity contribution >= 4 is 5.82 Å². The van der Waals surface area contributed by atoms with Gasteiger partial charge in [0.2, 0.25) is 0 Å². The van der Waals surface area contributed by atoms with Gasteiger partial charge in [-0.15, -0.1) is 5.10 Å². The largest absolute Gasteiger partial charge is 0.361 e. The third-order valence-electron chi connectivity index (χ3n) is 4.06. The highest BCUT2D eigenvalue weighted by Gasteiger charge is 2.32. The van der Waals surface area contributed by atoms with Crippen molar-refractivity contribution in [3.63, 3.8) is 0 Å². The molecule has 2 aromatic rings. The molecule has 6 heteroatoms. The van der Waals surface area contributed by atoms with Crippen molar-refractivity contribution in [3.8, 4) is 6.07 Å². The van der Waals surface area contributed by atoms with E-state index >= 15 is 0 Å². The number of hydrogen-bond acceptors (Lipinski definition) is 6. The van der Waals surface area contributed by atoms with Crippen LogP contribution in [0.15, 0.2) is 10.6 Å². The van der Waals surface area contributed by atoms with Crippen molar-refractivity contribution in [3.05, 3.63) is 34.3 Å². The Labute approximate surface area is 123 Å². The number of rotatable bonds is 2. The van der Waals surface area contributed by atoms with Gasteiger partial charge in [0, 0.05) is 12.6 Å². The SMILES string of the molecule is Cc1cc([C@H]2CCCN2c2nnc(C)c(C)c2C#N)no1. The van der Waals surface area contributed by atoms with E-state index in [4.69, 9.17) is 4.52 Å². The summed E-state index contributed by atoms with van der Waals surface area (Å²) < 4.78 is 5.18. The van der Waals surface area contributed by atoms with Crippen molar-refractivity contribution in [2.45, 2.75) is 39.7 Å². The minimum absolute atomic E-state index is 0.103. The lowest BCUT2D eigenvalue weighted by atomic mass is 10.1. The molecule has 0 aliphatic carbocycles. The van der Waals surface area contributed by atoms with Crippen LogP contribution in [0.5, 0.6) is 0 Å². The number of anilines is 1. The van der Waals surface area contributed by atoms with E-state index in [9.17, 15) is 5.26 Å². The molecule has 1 aliphatic heterocycles. The highest BCUT2D eigenvalue weighted by molar-refractivity contribution is 5.59. The topological polar surface area (TPSA) is 78.8 Å². The van der Waals surface area contributed by atoms with Crippen molar-refractivity contribution < 1.29 is 4.52 Å². The van der Waals surface area contributed by atoms with Gasteiger partial charge < -0.3 is 9.42 Å². The Morgan fingerprint density at radius 1 is 1.33 bits per heavy atom. The van der Waals surface area contributed by atoms with Crippen molar-refractivity contribution in [1.29, 1.82) is 5.26 Å². The highest BCUT2D eigenvalue weighted by Crippen LogP contribution is 2.36. The van der Waals surface area contributed by atoms with Gasteiger partial charge in [-0.2, -0.15) is 10.4 Å². The van der Waals surface area contributed by atoms with Gasteiger partial charge in [-0.05, 0) is 39.2 Å². The summed E-state index contributed by atoms with van der Waals surface area (Å²) >= 11 is 0. The summed E-state index contributed by atoms with van der Waals surface area (Å²) in [5.74, 6) is 1.45. The third kappa shape index (κ3) is 2.25. The van der Waals surface area contributed by atoms with Crippen LogP contribution in [0.2, 0.25) is 0 Å². The van der Waals surface area contributed by atoms with Crippen molar-refractivity contribution in [2.24, 2.45) is 0 Å². The minimum atomic E-state index is 0.103. The fourth-order valence-corrected chi connectivity index (χ4v) is 2.80. The molecule has 0 amide bonds. The molecule has 108 valence electrons. The van der Waals surface area contributed by atoms with Crippen LogP contribution in [-0.2, 0) is 0 Å². The summed E-state index contributed by atoms with van der Waals surface area (Å²) in [6.45, 7) is 6.52. The van der Waals surface area contributed by atoms with Gasteiger partial charge in [-0.3, -0.25) is 0 Å². The number of aryl methyl sites for hydroxylation is 2. The minimum Gasteiger partial charge on any atom is -0.361 e. The molecule has 0 N–H and O–H groups in total. The van der Waals surface area contributed by atoms with E-state index in [-0.39, 0.29) is 6.04 Å². The number of aromatic nitrogens is 3. The maximum Gasteiger partial charge on any atom is 0.170 e. The molecule has 0 unspecified atom stereocenters. The molecule has 3 rings (SSSR count). The maximum absolute atomic E-state index is 9.47. The summed E-state index contributed by atoms with van der Waals surface area (Å²) in [5.41, 5.74) is 3.19. The van der Waals surface area contributed by atoms with Gasteiger partial charge in [0.05, 0.1) is 11.7 Å². The van der Waals surface area contributed by atoms with Crippen LogP contribution in [0.3, 0.4) is 0 Å². The fourth-order valence-electron chi connectivity index (χ4n) is 2.80. The average molecular weight is 283 g/mol. The molecule has 2 aromatic heterocycles. The molecule has 0 bridgehead atoms. The lowest BCUT2D eigenvalue weighted by molar-refractivity contribution is 0.385. The number of nitriles is 1. The quantitative estimate of drug-likeness (QED) is 0.843. The first-order chi connectivity index (χ1) is 10.1. The predicted octanol–water partition coefficient (Wildman–Crippen LogP) is 2.60. The van der Waals surface area contributed by atoms with E-state index < -0.39 is 0 Å². The molecule has 3 heterocycles. The predicted molar refractivity (Wildman–Crippen MR) is 76.8 cm³/mol. The Bertz CT molecular complexity index is 715. The van der Waals surface area contributed by atoms with E-state index in [0.717, 1.165) is 42.1 Å². The van der Waals surface area contributed by atoms with Gasteiger partial charge in [-0.1, -0.05) is 5.16 Å². The van der Waals surface area contributed by atoms with Crippen LogP contribution in [0.25, 0.3) is 0 Å². The standard InChI is InChI=1S/C15H17N5O/c1-9-7-13(19-21-9)14-5-4-6-20(14)15-12(8-16)10(2)11(3)17-18-15/h7,14H,4-6H2,1-3H3/t14-/m1/s1. The highest BCUT2D eigenvalue weighted by atomic mass is 16.5. The second kappa shape index (κ2) is 5.17. The zero-order valence-electron chi connectivity index (χ0n) is 12.4. The summed E-state index contributed by atoms with van der Waals surface area (Å²) in [7, 11) is 0.